The Labute approximate surface area is 118 Å². The summed E-state index contributed by atoms with van der Waals surface area (Å²) in [7, 11) is 0. The molecule has 0 saturated carbocycles. The van der Waals surface area contributed by atoms with Gasteiger partial charge in [-0.1, -0.05) is 33.6 Å². The Morgan fingerprint density at radius 3 is 2.83 bits per heavy atom. The fourth-order valence-corrected chi connectivity index (χ4v) is 2.49. The fourth-order valence-electron chi connectivity index (χ4n) is 1.96. The number of aryl methyl sites for hydroxylation is 1. The Morgan fingerprint density at radius 1 is 1.17 bits per heavy atom. The van der Waals surface area contributed by atoms with Gasteiger partial charge in [0.15, 0.2) is 0 Å². The number of halogens is 2. The van der Waals surface area contributed by atoms with Crippen molar-refractivity contribution in [3.8, 4) is 11.4 Å². The fraction of sp³-hybridized carbons (Fsp3) is 0.0714. The number of nitrogens with zero attached hydrogens (tertiary/aromatic N) is 1. The number of rotatable bonds is 1. The zero-order valence-corrected chi connectivity index (χ0v) is 12.0. The van der Waals surface area contributed by atoms with Crippen LogP contribution in [0.3, 0.4) is 0 Å². The van der Waals surface area contributed by atoms with Gasteiger partial charge in [0.2, 0.25) is 0 Å². The third kappa shape index (κ3) is 2.04. The minimum Gasteiger partial charge on any atom is -0.338 e. The summed E-state index contributed by atoms with van der Waals surface area (Å²) < 4.78 is 1.04. The second kappa shape index (κ2) is 4.41. The van der Waals surface area contributed by atoms with E-state index in [2.05, 4.69) is 32.8 Å². The zero-order chi connectivity index (χ0) is 12.7. The van der Waals surface area contributed by atoms with E-state index >= 15 is 0 Å². The lowest BCUT2D eigenvalue weighted by atomic mass is 10.1. The van der Waals surface area contributed by atoms with Crippen LogP contribution in [0.1, 0.15) is 5.56 Å². The van der Waals surface area contributed by atoms with Crippen LogP contribution in [-0.2, 0) is 0 Å². The molecule has 4 heteroatoms. The van der Waals surface area contributed by atoms with Crippen LogP contribution in [0.5, 0.6) is 0 Å². The van der Waals surface area contributed by atoms with Gasteiger partial charge in [-0.3, -0.25) is 0 Å². The summed E-state index contributed by atoms with van der Waals surface area (Å²) in [6.07, 6.45) is 0. The van der Waals surface area contributed by atoms with E-state index in [1.54, 1.807) is 0 Å². The maximum absolute atomic E-state index is 6.04. The van der Waals surface area contributed by atoms with Gasteiger partial charge in [0.25, 0.3) is 0 Å². The summed E-state index contributed by atoms with van der Waals surface area (Å²) in [5, 5.41) is 0.720. The molecule has 1 aromatic heterocycles. The second-order valence-corrected chi connectivity index (χ2v) is 5.56. The predicted molar refractivity (Wildman–Crippen MR) is 79.0 cm³/mol. The van der Waals surface area contributed by atoms with Crippen molar-refractivity contribution in [3.63, 3.8) is 0 Å². The summed E-state index contributed by atoms with van der Waals surface area (Å²) in [4.78, 5) is 7.91. The molecule has 1 heterocycles. The van der Waals surface area contributed by atoms with Gasteiger partial charge in [0, 0.05) is 15.1 Å². The lowest BCUT2D eigenvalue weighted by Gasteiger charge is -2.02. The first-order valence-corrected chi connectivity index (χ1v) is 6.72. The molecule has 0 radical (unpaired) electrons. The first-order chi connectivity index (χ1) is 8.63. The van der Waals surface area contributed by atoms with Crippen LogP contribution in [0.4, 0.5) is 0 Å². The Balaban J connectivity index is 2.22. The highest BCUT2D eigenvalue weighted by molar-refractivity contribution is 9.10. The number of benzene rings is 2. The molecule has 0 aliphatic carbocycles. The standard InChI is InChI=1S/C14H10BrClN2/c1-8-2-4-10(16)7-11(8)14-17-12-5-3-9(15)6-13(12)18-14/h2-7H,1H3,(H,17,18). The Bertz CT molecular complexity index is 734. The molecule has 0 aliphatic heterocycles. The van der Waals surface area contributed by atoms with E-state index in [-0.39, 0.29) is 0 Å². The lowest BCUT2D eigenvalue weighted by Crippen LogP contribution is -1.85. The molecule has 3 rings (SSSR count). The third-order valence-corrected chi connectivity index (χ3v) is 3.63. The minimum absolute atomic E-state index is 0.720. The van der Waals surface area contributed by atoms with Crippen LogP contribution < -0.4 is 0 Å². The molecule has 18 heavy (non-hydrogen) atoms. The molecular weight excluding hydrogens is 312 g/mol. The molecule has 2 aromatic carbocycles. The van der Waals surface area contributed by atoms with E-state index in [0.717, 1.165) is 37.5 Å². The van der Waals surface area contributed by atoms with Crippen molar-refractivity contribution in [2.75, 3.05) is 0 Å². The van der Waals surface area contributed by atoms with E-state index in [4.69, 9.17) is 11.6 Å². The summed E-state index contributed by atoms with van der Waals surface area (Å²) in [6, 6.07) is 11.8. The van der Waals surface area contributed by atoms with E-state index in [1.165, 1.54) is 0 Å². The molecule has 2 nitrogen and oxygen atoms in total. The molecule has 90 valence electrons. The van der Waals surface area contributed by atoms with Gasteiger partial charge in [0.05, 0.1) is 11.0 Å². The average molecular weight is 322 g/mol. The highest BCUT2D eigenvalue weighted by Gasteiger charge is 2.08. The quantitative estimate of drug-likeness (QED) is 0.674. The van der Waals surface area contributed by atoms with Crippen molar-refractivity contribution >= 4 is 38.6 Å². The van der Waals surface area contributed by atoms with Crippen LogP contribution in [0.2, 0.25) is 5.02 Å². The molecule has 0 unspecified atom stereocenters. The minimum atomic E-state index is 0.720. The number of imidazole rings is 1. The predicted octanol–water partition coefficient (Wildman–Crippen LogP) is 4.95. The third-order valence-electron chi connectivity index (χ3n) is 2.90. The molecule has 1 N–H and O–H groups in total. The van der Waals surface area contributed by atoms with E-state index < -0.39 is 0 Å². The molecule has 0 bridgehead atoms. The highest BCUT2D eigenvalue weighted by atomic mass is 79.9. The summed E-state index contributed by atoms with van der Waals surface area (Å²) in [6.45, 7) is 2.05. The zero-order valence-electron chi connectivity index (χ0n) is 9.67. The van der Waals surface area contributed by atoms with Crippen LogP contribution in [0.25, 0.3) is 22.4 Å². The average Bonchev–Trinajstić information content (AvgIpc) is 2.74. The highest BCUT2D eigenvalue weighted by Crippen LogP contribution is 2.27. The summed E-state index contributed by atoms with van der Waals surface area (Å²) >= 11 is 9.50. The summed E-state index contributed by atoms with van der Waals surface area (Å²) in [5.74, 6) is 0.850. The molecule has 3 aromatic rings. The second-order valence-electron chi connectivity index (χ2n) is 4.21. The van der Waals surface area contributed by atoms with Crippen molar-refractivity contribution in [3.05, 3.63) is 51.5 Å². The largest absolute Gasteiger partial charge is 0.338 e. The normalized spacial score (nSPS) is 11.1. The van der Waals surface area contributed by atoms with Gasteiger partial charge in [-0.2, -0.15) is 0 Å². The van der Waals surface area contributed by atoms with E-state index in [1.807, 2.05) is 36.4 Å². The maximum atomic E-state index is 6.04. The number of nitrogens with one attached hydrogen (secondary N) is 1. The molecule has 0 atom stereocenters. The Kier molecular flexibility index (Phi) is 2.88. The molecule has 0 amide bonds. The number of hydrogen-bond acceptors (Lipinski definition) is 1. The van der Waals surface area contributed by atoms with Crippen molar-refractivity contribution < 1.29 is 0 Å². The van der Waals surface area contributed by atoms with Crippen LogP contribution in [0.15, 0.2) is 40.9 Å². The SMILES string of the molecule is Cc1ccc(Cl)cc1-c1nc2ccc(Br)cc2[nH]1. The van der Waals surface area contributed by atoms with Gasteiger partial charge >= 0.3 is 0 Å². The Morgan fingerprint density at radius 2 is 2.00 bits per heavy atom. The molecule has 0 spiro atoms. The van der Waals surface area contributed by atoms with Crippen LogP contribution in [0, 0.1) is 6.92 Å². The Hall–Kier alpha value is -1.32. The molecular formula is C14H10BrClN2. The van der Waals surface area contributed by atoms with Crippen molar-refractivity contribution in [2.24, 2.45) is 0 Å². The summed E-state index contributed by atoms with van der Waals surface area (Å²) in [5.41, 5.74) is 4.15. The van der Waals surface area contributed by atoms with Crippen molar-refractivity contribution in [1.29, 1.82) is 0 Å². The van der Waals surface area contributed by atoms with Gasteiger partial charge in [-0.25, -0.2) is 4.98 Å². The van der Waals surface area contributed by atoms with Gasteiger partial charge in [-0.05, 0) is 42.8 Å². The van der Waals surface area contributed by atoms with Gasteiger partial charge in [0.1, 0.15) is 5.82 Å². The first-order valence-electron chi connectivity index (χ1n) is 5.55. The van der Waals surface area contributed by atoms with E-state index in [0.29, 0.717) is 0 Å². The van der Waals surface area contributed by atoms with E-state index in [9.17, 15) is 0 Å². The van der Waals surface area contributed by atoms with Crippen LogP contribution in [-0.4, -0.2) is 9.97 Å². The number of aromatic amines is 1. The molecule has 0 saturated heterocycles. The topological polar surface area (TPSA) is 28.7 Å². The molecule has 0 fully saturated rings. The number of H-pyrrole nitrogens is 1. The number of aromatic nitrogens is 2. The van der Waals surface area contributed by atoms with Crippen molar-refractivity contribution in [2.45, 2.75) is 6.92 Å². The van der Waals surface area contributed by atoms with Crippen LogP contribution >= 0.6 is 27.5 Å². The number of fused-ring (bicyclic) bond motifs is 1. The first kappa shape index (κ1) is 11.8. The van der Waals surface area contributed by atoms with Crippen molar-refractivity contribution in [1.82, 2.24) is 9.97 Å². The van der Waals surface area contributed by atoms with Gasteiger partial charge in [-0.15, -0.1) is 0 Å². The van der Waals surface area contributed by atoms with Gasteiger partial charge < -0.3 is 4.98 Å². The molecule has 0 aliphatic rings. The maximum Gasteiger partial charge on any atom is 0.138 e. The lowest BCUT2D eigenvalue weighted by molar-refractivity contribution is 1.31. The smallest absolute Gasteiger partial charge is 0.138 e. The monoisotopic (exact) mass is 320 g/mol. The number of hydrogen-bond donors (Lipinski definition) is 1.